The molecular formula is C12H26O5Si. The Morgan fingerprint density at radius 3 is 2.00 bits per heavy atom. The van der Waals surface area contributed by atoms with Crippen LogP contribution < -0.4 is 0 Å². The number of aliphatic hydroxyl groups excluding tert-OH is 1. The van der Waals surface area contributed by atoms with Gasteiger partial charge in [0.2, 0.25) is 0 Å². The zero-order valence-electron chi connectivity index (χ0n) is 12.0. The molecule has 0 saturated heterocycles. The van der Waals surface area contributed by atoms with E-state index in [0.717, 1.165) is 12.8 Å². The molecule has 0 aromatic carbocycles. The molecule has 1 fully saturated rings. The second kappa shape index (κ2) is 6.98. The predicted molar refractivity (Wildman–Crippen MR) is 70.3 cm³/mol. The summed E-state index contributed by atoms with van der Waals surface area (Å²) in [4.78, 5) is 0. The van der Waals surface area contributed by atoms with Crippen LogP contribution in [0.3, 0.4) is 0 Å². The lowest BCUT2D eigenvalue weighted by Gasteiger charge is -2.40. The molecule has 0 heterocycles. The SMILES string of the molecule is COC1CCC(C(C)[Si](OC)(OC)OC)CC1O. The Kier molecular flexibility index (Phi) is 6.23. The molecule has 1 N–H and O–H groups in total. The number of ether oxygens (including phenoxy) is 1. The Labute approximate surface area is 111 Å². The Morgan fingerprint density at radius 2 is 1.61 bits per heavy atom. The highest BCUT2D eigenvalue weighted by molar-refractivity contribution is 6.62. The van der Waals surface area contributed by atoms with Crippen LogP contribution in [0.1, 0.15) is 26.2 Å². The van der Waals surface area contributed by atoms with Gasteiger partial charge in [0.1, 0.15) is 0 Å². The van der Waals surface area contributed by atoms with Gasteiger partial charge in [-0.25, -0.2) is 0 Å². The molecule has 5 nitrogen and oxygen atoms in total. The maximum absolute atomic E-state index is 10.0. The first kappa shape index (κ1) is 16.1. The van der Waals surface area contributed by atoms with Crippen molar-refractivity contribution in [1.82, 2.24) is 0 Å². The molecule has 0 aromatic rings. The lowest BCUT2D eigenvalue weighted by Crippen LogP contribution is -2.50. The highest BCUT2D eigenvalue weighted by Crippen LogP contribution is 2.40. The molecule has 0 bridgehead atoms. The van der Waals surface area contributed by atoms with Crippen LogP contribution in [-0.4, -0.2) is 54.6 Å². The summed E-state index contributed by atoms with van der Waals surface area (Å²) >= 11 is 0. The minimum absolute atomic E-state index is 0.0443. The van der Waals surface area contributed by atoms with Gasteiger partial charge in [-0.3, -0.25) is 0 Å². The number of methoxy groups -OCH3 is 1. The second-order valence-electron chi connectivity index (χ2n) is 4.92. The summed E-state index contributed by atoms with van der Waals surface area (Å²) in [7, 11) is 3.92. The summed E-state index contributed by atoms with van der Waals surface area (Å²) in [5.74, 6) is 0.345. The summed E-state index contributed by atoms with van der Waals surface area (Å²) in [6, 6.07) is 0. The Bertz CT molecular complexity index is 238. The smallest absolute Gasteiger partial charge is 0.390 e. The van der Waals surface area contributed by atoms with E-state index in [1.165, 1.54) is 0 Å². The van der Waals surface area contributed by atoms with Gasteiger partial charge in [0.15, 0.2) is 0 Å². The molecule has 0 amide bonds. The number of aliphatic hydroxyl groups is 1. The lowest BCUT2D eigenvalue weighted by atomic mass is 9.83. The van der Waals surface area contributed by atoms with Crippen LogP contribution >= 0.6 is 0 Å². The maximum atomic E-state index is 10.0. The molecule has 1 aliphatic carbocycles. The maximum Gasteiger partial charge on any atom is 0.503 e. The fourth-order valence-electron chi connectivity index (χ4n) is 2.98. The number of hydrogen-bond donors (Lipinski definition) is 1. The molecule has 6 heteroatoms. The molecule has 0 aromatic heterocycles. The van der Waals surface area contributed by atoms with Gasteiger partial charge in [0.25, 0.3) is 0 Å². The van der Waals surface area contributed by atoms with Crippen molar-refractivity contribution < 1.29 is 23.1 Å². The largest absolute Gasteiger partial charge is 0.503 e. The Hall–Kier alpha value is 0.0169. The van der Waals surface area contributed by atoms with Crippen LogP contribution in [0.15, 0.2) is 0 Å². The summed E-state index contributed by atoms with van der Waals surface area (Å²) in [6.45, 7) is 2.09. The average Bonchev–Trinajstić information content (AvgIpc) is 2.41. The van der Waals surface area contributed by atoms with Crippen LogP contribution in [0.4, 0.5) is 0 Å². The van der Waals surface area contributed by atoms with Crippen molar-refractivity contribution >= 4 is 8.80 Å². The van der Waals surface area contributed by atoms with E-state index in [0.29, 0.717) is 12.3 Å². The van der Waals surface area contributed by atoms with Gasteiger partial charge >= 0.3 is 8.80 Å². The van der Waals surface area contributed by atoms with E-state index in [1.54, 1.807) is 28.4 Å². The van der Waals surface area contributed by atoms with Crippen LogP contribution in [0.25, 0.3) is 0 Å². The molecule has 1 aliphatic rings. The third-order valence-electron chi connectivity index (χ3n) is 4.22. The van der Waals surface area contributed by atoms with E-state index in [-0.39, 0.29) is 11.6 Å². The van der Waals surface area contributed by atoms with Crippen molar-refractivity contribution in [2.45, 2.75) is 43.9 Å². The highest BCUT2D eigenvalue weighted by Gasteiger charge is 2.49. The first-order valence-electron chi connectivity index (χ1n) is 6.40. The quantitative estimate of drug-likeness (QED) is 0.745. The van der Waals surface area contributed by atoms with Gasteiger partial charge in [-0.2, -0.15) is 0 Å². The van der Waals surface area contributed by atoms with Crippen molar-refractivity contribution in [3.8, 4) is 0 Å². The lowest BCUT2D eigenvalue weighted by molar-refractivity contribution is -0.0531. The summed E-state index contributed by atoms with van der Waals surface area (Å²) in [6.07, 6.45) is 2.13. The zero-order chi connectivity index (χ0) is 13.8. The van der Waals surface area contributed by atoms with E-state index in [4.69, 9.17) is 18.0 Å². The van der Waals surface area contributed by atoms with Gasteiger partial charge in [-0.1, -0.05) is 6.92 Å². The topological polar surface area (TPSA) is 57.2 Å². The van der Waals surface area contributed by atoms with Gasteiger partial charge in [-0.05, 0) is 25.2 Å². The molecule has 4 atom stereocenters. The predicted octanol–water partition coefficient (Wildman–Crippen LogP) is 1.43. The fourth-order valence-corrected chi connectivity index (χ4v) is 5.47. The molecule has 108 valence electrons. The van der Waals surface area contributed by atoms with Crippen LogP contribution in [0, 0.1) is 5.92 Å². The first-order chi connectivity index (χ1) is 8.54. The van der Waals surface area contributed by atoms with Gasteiger partial charge in [0.05, 0.1) is 12.2 Å². The minimum Gasteiger partial charge on any atom is -0.390 e. The molecule has 1 rings (SSSR count). The molecular weight excluding hydrogens is 252 g/mol. The van der Waals surface area contributed by atoms with Crippen LogP contribution in [0.2, 0.25) is 5.54 Å². The third kappa shape index (κ3) is 3.12. The average molecular weight is 278 g/mol. The standard InChI is InChI=1S/C12H26O5Si/c1-9(18(15-3,16-4)17-5)10-6-7-12(14-2)11(13)8-10/h9-13H,6-8H2,1-5H3. The van der Waals surface area contributed by atoms with Crippen LogP contribution in [-0.2, 0) is 18.0 Å². The van der Waals surface area contributed by atoms with E-state index in [1.807, 2.05) is 0 Å². The summed E-state index contributed by atoms with van der Waals surface area (Å²) in [5, 5.41) is 10.0. The Morgan fingerprint density at radius 1 is 1.06 bits per heavy atom. The number of rotatable bonds is 6. The first-order valence-corrected chi connectivity index (χ1v) is 8.21. The van der Waals surface area contributed by atoms with Crippen molar-refractivity contribution in [2.24, 2.45) is 5.92 Å². The van der Waals surface area contributed by atoms with Gasteiger partial charge < -0.3 is 23.1 Å². The molecule has 1 saturated carbocycles. The van der Waals surface area contributed by atoms with Crippen molar-refractivity contribution in [3.05, 3.63) is 0 Å². The molecule has 4 unspecified atom stereocenters. The molecule has 0 radical (unpaired) electrons. The monoisotopic (exact) mass is 278 g/mol. The van der Waals surface area contributed by atoms with Gasteiger partial charge in [-0.15, -0.1) is 0 Å². The molecule has 0 aliphatic heterocycles. The molecule has 0 spiro atoms. The van der Waals surface area contributed by atoms with Crippen molar-refractivity contribution in [1.29, 1.82) is 0 Å². The third-order valence-corrected chi connectivity index (χ3v) is 7.51. The van der Waals surface area contributed by atoms with Crippen LogP contribution in [0.5, 0.6) is 0 Å². The Balaban J connectivity index is 2.70. The van der Waals surface area contributed by atoms with E-state index in [2.05, 4.69) is 6.92 Å². The minimum atomic E-state index is -2.62. The normalized spacial score (nSPS) is 31.3. The summed E-state index contributed by atoms with van der Waals surface area (Å²) in [5.41, 5.74) is 0.171. The zero-order valence-corrected chi connectivity index (χ0v) is 13.0. The fraction of sp³-hybridized carbons (Fsp3) is 1.00. The van der Waals surface area contributed by atoms with Crippen molar-refractivity contribution in [3.63, 3.8) is 0 Å². The van der Waals surface area contributed by atoms with E-state index in [9.17, 15) is 5.11 Å². The number of hydrogen-bond acceptors (Lipinski definition) is 5. The van der Waals surface area contributed by atoms with Gasteiger partial charge in [0, 0.05) is 34.0 Å². The summed E-state index contributed by atoms with van der Waals surface area (Å²) < 4.78 is 21.8. The molecule has 18 heavy (non-hydrogen) atoms. The highest BCUT2D eigenvalue weighted by atomic mass is 28.4. The van der Waals surface area contributed by atoms with E-state index >= 15 is 0 Å². The van der Waals surface area contributed by atoms with E-state index < -0.39 is 14.9 Å². The second-order valence-corrected chi connectivity index (χ2v) is 8.26. The van der Waals surface area contributed by atoms with Crippen molar-refractivity contribution in [2.75, 3.05) is 28.4 Å².